The summed E-state index contributed by atoms with van der Waals surface area (Å²) in [5.41, 5.74) is 2.18. The quantitative estimate of drug-likeness (QED) is 0.762. The molecule has 1 aromatic rings. The van der Waals surface area contributed by atoms with Crippen molar-refractivity contribution in [3.05, 3.63) is 47.5 Å². The van der Waals surface area contributed by atoms with E-state index in [1.54, 1.807) is 0 Å². The second kappa shape index (κ2) is 5.10. The predicted molar refractivity (Wildman–Crippen MR) is 59.7 cm³/mol. The molecule has 80 valence electrons. The van der Waals surface area contributed by atoms with E-state index in [2.05, 4.69) is 6.08 Å². The molecule has 0 fully saturated rings. The van der Waals surface area contributed by atoms with Gasteiger partial charge in [0.25, 0.3) is 0 Å². The minimum absolute atomic E-state index is 0.396. The average molecular weight is 204 g/mol. The van der Waals surface area contributed by atoms with E-state index < -0.39 is 6.10 Å². The van der Waals surface area contributed by atoms with E-state index in [-0.39, 0.29) is 0 Å². The lowest BCUT2D eigenvalue weighted by Crippen LogP contribution is -2.20. The third-order valence-electron chi connectivity index (χ3n) is 2.64. The molecule has 1 atom stereocenters. The average Bonchev–Trinajstić information content (AvgIpc) is 2.31. The van der Waals surface area contributed by atoms with E-state index >= 15 is 0 Å². The van der Waals surface area contributed by atoms with Gasteiger partial charge in [-0.1, -0.05) is 36.4 Å². The zero-order chi connectivity index (χ0) is 10.5. The first-order chi connectivity index (χ1) is 7.36. The van der Waals surface area contributed by atoms with Gasteiger partial charge >= 0.3 is 0 Å². The molecule has 1 aromatic carbocycles. The van der Waals surface area contributed by atoms with Crippen molar-refractivity contribution < 1.29 is 9.84 Å². The van der Waals surface area contributed by atoms with Crippen molar-refractivity contribution in [2.45, 2.75) is 18.9 Å². The van der Waals surface area contributed by atoms with E-state index in [0.717, 1.165) is 24.2 Å². The summed E-state index contributed by atoms with van der Waals surface area (Å²) in [6.07, 6.45) is 3.29. The summed E-state index contributed by atoms with van der Waals surface area (Å²) in [6, 6.07) is 10.0. The first-order valence-electron chi connectivity index (χ1n) is 5.35. The van der Waals surface area contributed by atoms with Crippen molar-refractivity contribution in [2.75, 3.05) is 13.2 Å². The second-order valence-corrected chi connectivity index (χ2v) is 3.83. The first-order valence-corrected chi connectivity index (χ1v) is 5.35. The number of hydrogen-bond acceptors (Lipinski definition) is 2. The number of aliphatic hydroxyl groups is 1. The Hall–Kier alpha value is -1.12. The van der Waals surface area contributed by atoms with Crippen LogP contribution in [0.4, 0.5) is 0 Å². The molecule has 2 heteroatoms. The Morgan fingerprint density at radius 3 is 2.73 bits per heavy atom. The van der Waals surface area contributed by atoms with Gasteiger partial charge in [-0.2, -0.15) is 0 Å². The number of rotatable bonds is 3. The molecule has 1 heterocycles. The fourth-order valence-electron chi connectivity index (χ4n) is 1.78. The lowest BCUT2D eigenvalue weighted by molar-refractivity contribution is 0.117. The van der Waals surface area contributed by atoms with Gasteiger partial charge in [0.1, 0.15) is 0 Å². The summed E-state index contributed by atoms with van der Waals surface area (Å²) < 4.78 is 5.31. The van der Waals surface area contributed by atoms with Gasteiger partial charge in [0.2, 0.25) is 0 Å². The number of hydrogen-bond donors (Lipinski definition) is 1. The summed E-state index contributed by atoms with van der Waals surface area (Å²) in [7, 11) is 0. The Morgan fingerprint density at radius 2 is 2.07 bits per heavy atom. The van der Waals surface area contributed by atoms with Gasteiger partial charge in [-0.15, -0.1) is 0 Å². The molecule has 0 aliphatic carbocycles. The molecule has 1 N–H and O–H groups in total. The molecule has 1 aliphatic rings. The Kier molecular flexibility index (Phi) is 3.54. The van der Waals surface area contributed by atoms with Gasteiger partial charge in [0, 0.05) is 6.42 Å². The molecule has 15 heavy (non-hydrogen) atoms. The molecule has 0 unspecified atom stereocenters. The van der Waals surface area contributed by atoms with Crippen molar-refractivity contribution in [1.82, 2.24) is 0 Å². The lowest BCUT2D eigenvalue weighted by Gasteiger charge is -2.19. The van der Waals surface area contributed by atoms with Gasteiger partial charge in [-0.05, 0) is 17.6 Å². The molecular formula is C13H16O2. The van der Waals surface area contributed by atoms with Crippen LogP contribution in [0.5, 0.6) is 0 Å². The summed E-state index contributed by atoms with van der Waals surface area (Å²) >= 11 is 0. The SMILES string of the molecule is O[C@H](Cc1ccccc1)C1=CCCOC1. The molecule has 2 rings (SSSR count). The van der Waals surface area contributed by atoms with Crippen LogP contribution in [0.1, 0.15) is 12.0 Å². The van der Waals surface area contributed by atoms with Crippen molar-refractivity contribution >= 4 is 0 Å². The molecule has 0 bridgehead atoms. The number of aliphatic hydroxyl groups excluding tert-OH is 1. The number of benzene rings is 1. The summed E-state index contributed by atoms with van der Waals surface area (Å²) in [5.74, 6) is 0. The van der Waals surface area contributed by atoms with Crippen molar-refractivity contribution in [3.63, 3.8) is 0 Å². The summed E-state index contributed by atoms with van der Waals surface area (Å²) in [6.45, 7) is 1.36. The van der Waals surface area contributed by atoms with Crippen LogP contribution in [-0.4, -0.2) is 24.4 Å². The molecule has 0 radical (unpaired) electrons. The van der Waals surface area contributed by atoms with Crippen LogP contribution in [0.2, 0.25) is 0 Å². The van der Waals surface area contributed by atoms with E-state index in [1.807, 2.05) is 30.3 Å². The van der Waals surface area contributed by atoms with Crippen LogP contribution in [-0.2, 0) is 11.2 Å². The van der Waals surface area contributed by atoms with Crippen molar-refractivity contribution in [1.29, 1.82) is 0 Å². The largest absolute Gasteiger partial charge is 0.388 e. The minimum atomic E-state index is -0.396. The third-order valence-corrected chi connectivity index (χ3v) is 2.64. The second-order valence-electron chi connectivity index (χ2n) is 3.83. The molecule has 1 aliphatic heterocycles. The van der Waals surface area contributed by atoms with E-state index in [9.17, 15) is 5.11 Å². The molecule has 0 saturated heterocycles. The maximum absolute atomic E-state index is 9.98. The Bertz CT molecular complexity index is 330. The minimum Gasteiger partial charge on any atom is -0.388 e. The molecule has 0 saturated carbocycles. The van der Waals surface area contributed by atoms with E-state index in [4.69, 9.17) is 4.74 Å². The van der Waals surface area contributed by atoms with Crippen LogP contribution in [0.15, 0.2) is 42.0 Å². The molecule has 0 aromatic heterocycles. The predicted octanol–water partition coefficient (Wildman–Crippen LogP) is 1.94. The normalized spacial score (nSPS) is 18.3. The fourth-order valence-corrected chi connectivity index (χ4v) is 1.78. The maximum Gasteiger partial charge on any atom is 0.0812 e. The van der Waals surface area contributed by atoms with E-state index in [1.165, 1.54) is 0 Å². The molecule has 2 nitrogen and oxygen atoms in total. The zero-order valence-corrected chi connectivity index (χ0v) is 8.73. The van der Waals surface area contributed by atoms with Crippen LogP contribution < -0.4 is 0 Å². The Morgan fingerprint density at radius 1 is 1.27 bits per heavy atom. The van der Waals surface area contributed by atoms with Gasteiger partial charge in [0.05, 0.1) is 19.3 Å². The standard InChI is InChI=1S/C13H16O2/c14-13(12-7-4-8-15-10-12)9-11-5-2-1-3-6-11/h1-3,5-7,13-14H,4,8-10H2/t13-/m1/s1. The molecule has 0 amide bonds. The highest BCUT2D eigenvalue weighted by molar-refractivity contribution is 5.20. The van der Waals surface area contributed by atoms with Crippen molar-refractivity contribution in [3.8, 4) is 0 Å². The van der Waals surface area contributed by atoms with Gasteiger partial charge in [-0.25, -0.2) is 0 Å². The Balaban J connectivity index is 1.97. The smallest absolute Gasteiger partial charge is 0.0812 e. The third kappa shape index (κ3) is 2.91. The van der Waals surface area contributed by atoms with Crippen LogP contribution >= 0.6 is 0 Å². The van der Waals surface area contributed by atoms with Gasteiger partial charge in [0.15, 0.2) is 0 Å². The summed E-state index contributed by atoms with van der Waals surface area (Å²) in [5, 5.41) is 9.98. The lowest BCUT2D eigenvalue weighted by atomic mass is 10.0. The highest BCUT2D eigenvalue weighted by atomic mass is 16.5. The van der Waals surface area contributed by atoms with Crippen LogP contribution in [0, 0.1) is 0 Å². The van der Waals surface area contributed by atoms with Crippen LogP contribution in [0.3, 0.4) is 0 Å². The van der Waals surface area contributed by atoms with Crippen molar-refractivity contribution in [2.24, 2.45) is 0 Å². The zero-order valence-electron chi connectivity index (χ0n) is 8.73. The monoisotopic (exact) mass is 204 g/mol. The maximum atomic E-state index is 9.98. The van der Waals surface area contributed by atoms with Crippen LogP contribution in [0.25, 0.3) is 0 Å². The number of ether oxygens (including phenoxy) is 1. The molecular weight excluding hydrogens is 188 g/mol. The summed E-state index contributed by atoms with van der Waals surface area (Å²) in [4.78, 5) is 0. The Labute approximate surface area is 90.2 Å². The highest BCUT2D eigenvalue weighted by Gasteiger charge is 2.13. The van der Waals surface area contributed by atoms with E-state index in [0.29, 0.717) is 13.0 Å². The first kappa shape index (κ1) is 10.4. The fraction of sp³-hybridized carbons (Fsp3) is 0.385. The van der Waals surface area contributed by atoms with Gasteiger partial charge in [-0.3, -0.25) is 0 Å². The molecule has 0 spiro atoms. The topological polar surface area (TPSA) is 29.5 Å². The van der Waals surface area contributed by atoms with Gasteiger partial charge < -0.3 is 9.84 Å². The highest BCUT2D eigenvalue weighted by Crippen LogP contribution is 2.14.